The Morgan fingerprint density at radius 3 is 2.37 bits per heavy atom. The molecule has 0 aliphatic carbocycles. The fourth-order valence-corrected chi connectivity index (χ4v) is 3.76. The summed E-state index contributed by atoms with van der Waals surface area (Å²) in [5.74, 6) is 1.85. The average molecular weight is 482 g/mol. The highest BCUT2D eigenvalue weighted by atomic mass is 16.5. The Morgan fingerprint density at radius 1 is 1.00 bits per heavy atom. The van der Waals surface area contributed by atoms with Crippen LogP contribution in [0, 0.1) is 19.8 Å². The van der Waals surface area contributed by atoms with E-state index in [2.05, 4.69) is 25.7 Å². The minimum atomic E-state index is -0.600. The number of rotatable bonds is 14. The highest BCUT2D eigenvalue weighted by Crippen LogP contribution is 2.31. The normalized spacial score (nSPS) is 12.5. The first-order valence-corrected chi connectivity index (χ1v) is 12.2. The lowest BCUT2D eigenvalue weighted by atomic mass is 10.2. The van der Waals surface area contributed by atoms with Crippen LogP contribution in [0.25, 0.3) is 5.69 Å². The van der Waals surface area contributed by atoms with Crippen LogP contribution in [0.2, 0.25) is 0 Å². The van der Waals surface area contributed by atoms with Gasteiger partial charge in [0.25, 0.3) is 0 Å². The van der Waals surface area contributed by atoms with Crippen molar-refractivity contribution in [1.29, 1.82) is 0 Å². The molecule has 1 atom stereocenters. The number of para-hydroxylation sites is 1. The summed E-state index contributed by atoms with van der Waals surface area (Å²) in [4.78, 5) is 2.16. The summed E-state index contributed by atoms with van der Waals surface area (Å²) in [6.07, 6.45) is -0.600. The standard InChI is InChI=1S/C28H39N3O4/c1-21(2)19-34-20-25(32)17-30(15-16-33-5)18-27-23(4)29-31(24-9-7-6-8-10-24)28(27)35-26-13-11-22(3)12-14-26/h6-14,21,25,32H,15-20H2,1-5H3. The lowest BCUT2D eigenvalue weighted by molar-refractivity contribution is 0.00324. The number of methoxy groups -OCH3 is 1. The fourth-order valence-electron chi connectivity index (χ4n) is 3.76. The number of aryl methyl sites for hydroxylation is 2. The van der Waals surface area contributed by atoms with Crippen LogP contribution in [0.4, 0.5) is 0 Å². The van der Waals surface area contributed by atoms with Gasteiger partial charge in [0, 0.05) is 33.4 Å². The minimum absolute atomic E-state index is 0.302. The van der Waals surface area contributed by atoms with Crippen LogP contribution in [0.5, 0.6) is 11.6 Å². The van der Waals surface area contributed by atoms with E-state index in [0.29, 0.717) is 51.3 Å². The van der Waals surface area contributed by atoms with E-state index < -0.39 is 6.10 Å². The van der Waals surface area contributed by atoms with Crippen molar-refractivity contribution in [2.24, 2.45) is 5.92 Å². The van der Waals surface area contributed by atoms with Gasteiger partial charge in [0.1, 0.15) is 5.75 Å². The molecule has 0 amide bonds. The lowest BCUT2D eigenvalue weighted by Crippen LogP contribution is -2.37. The monoisotopic (exact) mass is 481 g/mol. The van der Waals surface area contributed by atoms with E-state index >= 15 is 0 Å². The van der Waals surface area contributed by atoms with E-state index in [1.165, 1.54) is 5.56 Å². The zero-order valence-corrected chi connectivity index (χ0v) is 21.6. The SMILES string of the molecule is COCCN(Cc1c(C)nn(-c2ccccc2)c1Oc1ccc(C)cc1)CC(O)COCC(C)C. The van der Waals surface area contributed by atoms with E-state index in [1.54, 1.807) is 7.11 Å². The van der Waals surface area contributed by atoms with Gasteiger partial charge in [0.2, 0.25) is 5.88 Å². The number of hydrogen-bond donors (Lipinski definition) is 1. The number of aliphatic hydroxyl groups is 1. The van der Waals surface area contributed by atoms with Crippen molar-refractivity contribution in [3.05, 3.63) is 71.4 Å². The van der Waals surface area contributed by atoms with E-state index in [1.807, 2.05) is 66.2 Å². The molecule has 0 aliphatic rings. The van der Waals surface area contributed by atoms with Gasteiger partial charge in [-0.3, -0.25) is 4.90 Å². The molecule has 3 rings (SSSR count). The second kappa shape index (κ2) is 13.4. The summed E-state index contributed by atoms with van der Waals surface area (Å²) in [5.41, 5.74) is 3.95. The molecule has 0 radical (unpaired) electrons. The summed E-state index contributed by atoms with van der Waals surface area (Å²) < 4.78 is 19.3. The third kappa shape index (κ3) is 8.18. The molecular weight excluding hydrogens is 442 g/mol. The maximum absolute atomic E-state index is 10.6. The zero-order chi connectivity index (χ0) is 25.2. The van der Waals surface area contributed by atoms with Crippen LogP contribution in [0.1, 0.15) is 30.7 Å². The molecule has 0 saturated heterocycles. The third-order valence-corrected chi connectivity index (χ3v) is 5.60. The molecule has 0 spiro atoms. The molecule has 3 aromatic rings. The van der Waals surface area contributed by atoms with Gasteiger partial charge in [-0.2, -0.15) is 5.10 Å². The van der Waals surface area contributed by atoms with Crippen LogP contribution >= 0.6 is 0 Å². The van der Waals surface area contributed by atoms with Crippen LogP contribution in [0.3, 0.4) is 0 Å². The topological polar surface area (TPSA) is 69.0 Å². The highest BCUT2D eigenvalue weighted by molar-refractivity contribution is 5.43. The first kappa shape index (κ1) is 26.9. The van der Waals surface area contributed by atoms with Gasteiger partial charge in [-0.1, -0.05) is 49.7 Å². The highest BCUT2D eigenvalue weighted by Gasteiger charge is 2.22. The average Bonchev–Trinajstić information content (AvgIpc) is 3.14. The van der Waals surface area contributed by atoms with E-state index in [0.717, 1.165) is 22.7 Å². The van der Waals surface area contributed by atoms with Crippen molar-refractivity contribution in [2.75, 3.05) is 40.0 Å². The van der Waals surface area contributed by atoms with Gasteiger partial charge in [0.15, 0.2) is 0 Å². The van der Waals surface area contributed by atoms with E-state index in [9.17, 15) is 5.11 Å². The Hall–Kier alpha value is -2.71. The largest absolute Gasteiger partial charge is 0.439 e. The van der Waals surface area contributed by atoms with Crippen molar-refractivity contribution in [3.63, 3.8) is 0 Å². The van der Waals surface area contributed by atoms with Gasteiger partial charge >= 0.3 is 0 Å². The second-order valence-electron chi connectivity index (χ2n) is 9.34. The Balaban J connectivity index is 1.88. The molecule has 1 aromatic heterocycles. The second-order valence-corrected chi connectivity index (χ2v) is 9.34. The zero-order valence-electron chi connectivity index (χ0n) is 21.6. The number of aliphatic hydroxyl groups excluding tert-OH is 1. The Kier molecular flexibility index (Phi) is 10.3. The van der Waals surface area contributed by atoms with Crippen molar-refractivity contribution in [1.82, 2.24) is 14.7 Å². The van der Waals surface area contributed by atoms with Crippen LogP contribution in [-0.4, -0.2) is 65.9 Å². The van der Waals surface area contributed by atoms with Gasteiger partial charge in [-0.05, 0) is 44.0 Å². The lowest BCUT2D eigenvalue weighted by Gasteiger charge is -2.25. The summed E-state index contributed by atoms with van der Waals surface area (Å²) in [5, 5.41) is 15.5. The van der Waals surface area contributed by atoms with Crippen molar-refractivity contribution < 1.29 is 19.3 Å². The molecule has 1 unspecified atom stereocenters. The van der Waals surface area contributed by atoms with Crippen molar-refractivity contribution >= 4 is 0 Å². The molecule has 2 aromatic carbocycles. The summed E-state index contributed by atoms with van der Waals surface area (Å²) >= 11 is 0. The molecule has 0 aliphatic heterocycles. The maximum Gasteiger partial charge on any atom is 0.227 e. The molecule has 7 nitrogen and oxygen atoms in total. The smallest absolute Gasteiger partial charge is 0.227 e. The quantitative estimate of drug-likeness (QED) is 0.358. The number of hydrogen-bond acceptors (Lipinski definition) is 6. The van der Waals surface area contributed by atoms with Gasteiger partial charge in [-0.25, -0.2) is 4.68 Å². The van der Waals surface area contributed by atoms with Crippen LogP contribution in [0.15, 0.2) is 54.6 Å². The Bertz CT molecular complexity index is 1020. The van der Waals surface area contributed by atoms with Crippen molar-refractivity contribution in [3.8, 4) is 17.3 Å². The van der Waals surface area contributed by atoms with Crippen LogP contribution < -0.4 is 4.74 Å². The third-order valence-electron chi connectivity index (χ3n) is 5.60. The predicted molar refractivity (Wildman–Crippen MR) is 138 cm³/mol. The molecule has 7 heteroatoms. The molecule has 0 saturated carbocycles. The molecule has 0 fully saturated rings. The van der Waals surface area contributed by atoms with Gasteiger partial charge in [-0.15, -0.1) is 0 Å². The number of ether oxygens (including phenoxy) is 3. The molecule has 190 valence electrons. The summed E-state index contributed by atoms with van der Waals surface area (Å²) in [6, 6.07) is 18.0. The molecule has 1 heterocycles. The van der Waals surface area contributed by atoms with E-state index in [-0.39, 0.29) is 0 Å². The van der Waals surface area contributed by atoms with Gasteiger partial charge < -0.3 is 19.3 Å². The van der Waals surface area contributed by atoms with Crippen molar-refractivity contribution in [2.45, 2.75) is 40.3 Å². The first-order valence-electron chi connectivity index (χ1n) is 12.2. The predicted octanol–water partition coefficient (Wildman–Crippen LogP) is 4.76. The van der Waals surface area contributed by atoms with E-state index in [4.69, 9.17) is 19.3 Å². The Morgan fingerprint density at radius 2 is 1.71 bits per heavy atom. The number of benzene rings is 2. The molecule has 1 N–H and O–H groups in total. The summed E-state index contributed by atoms with van der Waals surface area (Å²) in [7, 11) is 1.69. The Labute approximate surface area is 209 Å². The number of nitrogens with zero attached hydrogens (tertiary/aromatic N) is 3. The molecule has 0 bridgehead atoms. The van der Waals surface area contributed by atoms with Gasteiger partial charge in [0.05, 0.1) is 36.3 Å². The minimum Gasteiger partial charge on any atom is -0.439 e. The molecular formula is C28H39N3O4. The fraction of sp³-hybridized carbons (Fsp3) is 0.464. The number of aromatic nitrogens is 2. The maximum atomic E-state index is 10.6. The van der Waals surface area contributed by atoms with Crippen LogP contribution in [-0.2, 0) is 16.0 Å². The first-order chi connectivity index (χ1) is 16.9. The molecule has 35 heavy (non-hydrogen) atoms. The summed E-state index contributed by atoms with van der Waals surface area (Å²) in [6.45, 7) is 11.4.